The first-order valence-corrected chi connectivity index (χ1v) is 8.63. The van der Waals surface area contributed by atoms with Gasteiger partial charge in [0.2, 0.25) is 0 Å². The lowest BCUT2D eigenvalue weighted by atomic mass is 9.99. The number of hydrogen-bond donors (Lipinski definition) is 0. The van der Waals surface area contributed by atoms with E-state index in [0.29, 0.717) is 6.04 Å². The summed E-state index contributed by atoms with van der Waals surface area (Å²) in [5.74, 6) is 0. The number of hydrogen-bond acceptors (Lipinski definition) is 2. The Morgan fingerprint density at radius 3 is 2.45 bits per heavy atom. The highest BCUT2D eigenvalue weighted by Gasteiger charge is 2.35. The van der Waals surface area contributed by atoms with Crippen molar-refractivity contribution in [3.63, 3.8) is 0 Å². The van der Waals surface area contributed by atoms with Crippen LogP contribution in [0.2, 0.25) is 0 Å². The third-order valence-electron chi connectivity index (χ3n) is 5.37. The predicted molar refractivity (Wildman–Crippen MR) is 89.8 cm³/mol. The van der Waals surface area contributed by atoms with Gasteiger partial charge in [0.15, 0.2) is 0 Å². The first-order chi connectivity index (χ1) is 10.9. The molecule has 2 aromatic rings. The van der Waals surface area contributed by atoms with Crippen molar-refractivity contribution >= 4 is 0 Å². The molecule has 1 aromatic carbocycles. The van der Waals surface area contributed by atoms with Crippen LogP contribution < -0.4 is 0 Å². The largest absolute Gasteiger partial charge is 0.293 e. The minimum Gasteiger partial charge on any atom is -0.293 e. The molecule has 1 aromatic heterocycles. The first-order valence-electron chi connectivity index (χ1n) is 8.63. The van der Waals surface area contributed by atoms with E-state index in [0.717, 1.165) is 12.5 Å². The quantitative estimate of drug-likeness (QED) is 0.835. The molecule has 0 amide bonds. The molecule has 0 bridgehead atoms. The van der Waals surface area contributed by atoms with E-state index in [4.69, 9.17) is 0 Å². The lowest BCUT2D eigenvalue weighted by Gasteiger charge is -2.34. The van der Waals surface area contributed by atoms with Crippen molar-refractivity contribution in [2.45, 2.75) is 50.6 Å². The zero-order chi connectivity index (χ0) is 14.8. The Balaban J connectivity index is 1.48. The van der Waals surface area contributed by atoms with Crippen molar-refractivity contribution in [1.82, 2.24) is 9.88 Å². The molecule has 0 radical (unpaired) electrons. The summed E-state index contributed by atoms with van der Waals surface area (Å²) in [5.41, 5.74) is 4.24. The summed E-state index contributed by atoms with van der Waals surface area (Å²) in [4.78, 5) is 6.85. The molecule has 3 heterocycles. The summed E-state index contributed by atoms with van der Waals surface area (Å²) < 4.78 is 0. The average molecular weight is 292 g/mol. The fourth-order valence-corrected chi connectivity index (χ4v) is 4.21. The third-order valence-corrected chi connectivity index (χ3v) is 5.37. The molecule has 4 rings (SSSR count). The Labute approximate surface area is 133 Å². The molecule has 2 fully saturated rings. The Hall–Kier alpha value is -1.67. The summed E-state index contributed by atoms with van der Waals surface area (Å²) in [6.07, 6.45) is 11.7. The lowest BCUT2D eigenvalue weighted by molar-refractivity contribution is 0.150. The fourth-order valence-electron chi connectivity index (χ4n) is 4.21. The van der Waals surface area contributed by atoms with Gasteiger partial charge < -0.3 is 0 Å². The zero-order valence-electron chi connectivity index (χ0n) is 13.1. The maximum absolute atomic E-state index is 4.09. The average Bonchev–Trinajstić information content (AvgIpc) is 3.01. The Morgan fingerprint density at radius 2 is 1.64 bits per heavy atom. The molecule has 0 unspecified atom stereocenters. The number of nitrogens with zero attached hydrogens (tertiary/aromatic N) is 2. The fraction of sp³-hybridized carbons (Fsp3) is 0.450. The highest BCUT2D eigenvalue weighted by atomic mass is 15.2. The van der Waals surface area contributed by atoms with E-state index in [1.165, 1.54) is 55.3 Å². The van der Waals surface area contributed by atoms with Crippen molar-refractivity contribution < 1.29 is 0 Å². The predicted octanol–water partition coefficient (Wildman–Crippen LogP) is 4.36. The first kappa shape index (κ1) is 14.0. The molecule has 0 spiro atoms. The molecule has 2 heteroatoms. The normalized spacial score (nSPS) is 25.1. The van der Waals surface area contributed by atoms with Crippen molar-refractivity contribution in [2.75, 3.05) is 6.54 Å². The standard InChI is InChI=1S/C20H24N2/c1-2-14-22-19(3-1)8-9-20(22)18-6-4-16(5-7-18)15-17-10-12-21-13-11-17/h4-7,10-13,19-20H,1-3,8-9,14-15H2/t19-,20-/m1/s1. The van der Waals surface area contributed by atoms with Crippen molar-refractivity contribution in [2.24, 2.45) is 0 Å². The number of pyridine rings is 1. The van der Waals surface area contributed by atoms with Crippen molar-refractivity contribution in [3.8, 4) is 0 Å². The van der Waals surface area contributed by atoms with Gasteiger partial charge in [-0.2, -0.15) is 0 Å². The summed E-state index contributed by atoms with van der Waals surface area (Å²) in [5, 5.41) is 0. The maximum atomic E-state index is 4.09. The second kappa shape index (κ2) is 6.21. The van der Waals surface area contributed by atoms with Crippen LogP contribution in [0.1, 0.15) is 54.8 Å². The van der Waals surface area contributed by atoms with E-state index in [2.05, 4.69) is 46.3 Å². The van der Waals surface area contributed by atoms with Crippen LogP contribution in [-0.4, -0.2) is 22.5 Å². The number of rotatable bonds is 3. The van der Waals surface area contributed by atoms with E-state index in [9.17, 15) is 0 Å². The Kier molecular flexibility index (Phi) is 3.94. The molecule has 0 N–H and O–H groups in total. The second-order valence-electron chi connectivity index (χ2n) is 6.75. The smallest absolute Gasteiger partial charge is 0.0351 e. The maximum Gasteiger partial charge on any atom is 0.0351 e. The van der Waals surface area contributed by atoms with Gasteiger partial charge in [0.25, 0.3) is 0 Å². The van der Waals surface area contributed by atoms with Crippen molar-refractivity contribution in [1.29, 1.82) is 0 Å². The van der Waals surface area contributed by atoms with E-state index >= 15 is 0 Å². The zero-order valence-corrected chi connectivity index (χ0v) is 13.1. The van der Waals surface area contributed by atoms with Crippen LogP contribution >= 0.6 is 0 Å². The Bertz CT molecular complexity index is 605. The molecule has 114 valence electrons. The highest BCUT2D eigenvalue weighted by molar-refractivity contribution is 5.30. The van der Waals surface area contributed by atoms with Crippen LogP contribution in [0.3, 0.4) is 0 Å². The molecule has 2 nitrogen and oxygen atoms in total. The lowest BCUT2D eigenvalue weighted by Crippen LogP contribution is -2.35. The minimum atomic E-state index is 0.667. The minimum absolute atomic E-state index is 0.667. The number of fused-ring (bicyclic) bond motifs is 1. The van der Waals surface area contributed by atoms with E-state index in [1.807, 2.05) is 12.4 Å². The van der Waals surface area contributed by atoms with Crippen LogP contribution in [0, 0.1) is 0 Å². The van der Waals surface area contributed by atoms with E-state index in [-0.39, 0.29) is 0 Å². The van der Waals surface area contributed by atoms with Crippen LogP contribution in [0.4, 0.5) is 0 Å². The molecule has 2 aliphatic rings. The molecule has 0 saturated carbocycles. The second-order valence-corrected chi connectivity index (χ2v) is 6.75. The SMILES string of the molecule is c1cc(Cc2ccc([C@H]3CC[C@H]4CCCCN43)cc2)ccn1. The van der Waals surface area contributed by atoms with Gasteiger partial charge in [-0.05, 0) is 67.5 Å². The number of piperidine rings is 1. The van der Waals surface area contributed by atoms with Gasteiger partial charge in [0, 0.05) is 24.5 Å². The van der Waals surface area contributed by atoms with Crippen LogP contribution in [-0.2, 0) is 6.42 Å². The molecule has 2 aliphatic heterocycles. The van der Waals surface area contributed by atoms with Gasteiger partial charge in [-0.25, -0.2) is 0 Å². The van der Waals surface area contributed by atoms with Gasteiger partial charge in [-0.1, -0.05) is 30.7 Å². The number of aromatic nitrogens is 1. The third kappa shape index (κ3) is 2.80. The molecular weight excluding hydrogens is 268 g/mol. The van der Waals surface area contributed by atoms with E-state index < -0.39 is 0 Å². The monoisotopic (exact) mass is 292 g/mol. The van der Waals surface area contributed by atoms with Gasteiger partial charge >= 0.3 is 0 Å². The van der Waals surface area contributed by atoms with Crippen molar-refractivity contribution in [3.05, 3.63) is 65.5 Å². The molecular formula is C20H24N2. The summed E-state index contributed by atoms with van der Waals surface area (Å²) in [6, 6.07) is 15.1. The molecule has 0 aliphatic carbocycles. The summed E-state index contributed by atoms with van der Waals surface area (Å²) >= 11 is 0. The molecule has 22 heavy (non-hydrogen) atoms. The van der Waals surface area contributed by atoms with Gasteiger partial charge in [0.05, 0.1) is 0 Å². The summed E-state index contributed by atoms with van der Waals surface area (Å²) in [6.45, 7) is 1.30. The van der Waals surface area contributed by atoms with Crippen LogP contribution in [0.5, 0.6) is 0 Å². The Morgan fingerprint density at radius 1 is 0.864 bits per heavy atom. The molecule has 2 saturated heterocycles. The van der Waals surface area contributed by atoms with Gasteiger partial charge in [0.1, 0.15) is 0 Å². The highest BCUT2D eigenvalue weighted by Crippen LogP contribution is 2.40. The van der Waals surface area contributed by atoms with Gasteiger partial charge in [-0.3, -0.25) is 9.88 Å². The van der Waals surface area contributed by atoms with Gasteiger partial charge in [-0.15, -0.1) is 0 Å². The number of benzene rings is 1. The topological polar surface area (TPSA) is 16.1 Å². The summed E-state index contributed by atoms with van der Waals surface area (Å²) in [7, 11) is 0. The van der Waals surface area contributed by atoms with E-state index in [1.54, 1.807) is 0 Å². The van der Waals surface area contributed by atoms with Crippen LogP contribution in [0.25, 0.3) is 0 Å². The van der Waals surface area contributed by atoms with Crippen LogP contribution in [0.15, 0.2) is 48.8 Å². The molecule has 2 atom stereocenters.